The Hall–Kier alpha value is -1.44. The third kappa shape index (κ3) is 5.52. The molecule has 0 radical (unpaired) electrons. The van der Waals surface area contributed by atoms with Gasteiger partial charge in [-0.25, -0.2) is 0 Å². The Labute approximate surface area is 153 Å². The Morgan fingerprint density at radius 3 is 2.72 bits per heavy atom. The fourth-order valence-corrected chi connectivity index (χ4v) is 4.25. The summed E-state index contributed by atoms with van der Waals surface area (Å²) in [6.45, 7) is 3.41. The van der Waals surface area contributed by atoms with Crippen LogP contribution in [0.5, 0.6) is 11.5 Å². The smallest absolute Gasteiger partial charge is 0.130 e. The highest BCUT2D eigenvalue weighted by Gasteiger charge is 2.14. The molecule has 25 heavy (non-hydrogen) atoms. The first-order valence-electron chi connectivity index (χ1n) is 10.5. The summed E-state index contributed by atoms with van der Waals surface area (Å²) in [7, 11) is 0. The molecule has 1 fully saturated rings. The Morgan fingerprint density at radius 2 is 1.88 bits per heavy atom. The van der Waals surface area contributed by atoms with Crippen LogP contribution in [-0.4, -0.2) is 13.2 Å². The van der Waals surface area contributed by atoms with Crippen molar-refractivity contribution in [2.75, 3.05) is 13.2 Å². The number of unbranched alkanes of at least 4 members (excludes halogenated alkanes) is 3. The van der Waals surface area contributed by atoms with Gasteiger partial charge in [0.25, 0.3) is 0 Å². The van der Waals surface area contributed by atoms with E-state index in [0.29, 0.717) is 13.2 Å². The van der Waals surface area contributed by atoms with Gasteiger partial charge in [-0.15, -0.1) is 0 Å². The fourth-order valence-electron chi connectivity index (χ4n) is 4.25. The van der Waals surface area contributed by atoms with E-state index in [1.54, 1.807) is 0 Å². The van der Waals surface area contributed by atoms with E-state index in [1.165, 1.54) is 69.8 Å². The minimum Gasteiger partial charge on any atom is -0.493 e. The average Bonchev–Trinajstić information content (AvgIpc) is 2.66. The zero-order valence-corrected chi connectivity index (χ0v) is 15.9. The molecule has 1 aliphatic heterocycles. The van der Waals surface area contributed by atoms with E-state index in [4.69, 9.17) is 9.47 Å². The molecule has 0 N–H and O–H groups in total. The summed E-state index contributed by atoms with van der Waals surface area (Å²) >= 11 is 0. The van der Waals surface area contributed by atoms with Gasteiger partial charge in [0.15, 0.2) is 0 Å². The van der Waals surface area contributed by atoms with Crippen molar-refractivity contribution in [1.29, 1.82) is 0 Å². The lowest BCUT2D eigenvalue weighted by Crippen LogP contribution is -2.05. The van der Waals surface area contributed by atoms with Crippen LogP contribution in [0.1, 0.15) is 82.3 Å². The third-order valence-corrected chi connectivity index (χ3v) is 5.64. The minimum absolute atomic E-state index is 0.670. The van der Waals surface area contributed by atoms with Gasteiger partial charge in [0.2, 0.25) is 0 Å². The molecule has 3 rings (SSSR count). The third-order valence-electron chi connectivity index (χ3n) is 5.64. The number of aryl methyl sites for hydroxylation is 1. The van der Waals surface area contributed by atoms with Crippen LogP contribution < -0.4 is 9.47 Å². The van der Waals surface area contributed by atoms with Crippen LogP contribution in [0.2, 0.25) is 0 Å². The second-order valence-corrected chi connectivity index (χ2v) is 7.61. The van der Waals surface area contributed by atoms with Crippen molar-refractivity contribution in [1.82, 2.24) is 0 Å². The maximum atomic E-state index is 5.83. The Morgan fingerprint density at radius 1 is 1.04 bits per heavy atom. The molecule has 0 unspecified atom stereocenters. The molecular weight excluding hydrogens is 308 g/mol. The van der Waals surface area contributed by atoms with Crippen molar-refractivity contribution in [3.8, 4) is 11.5 Å². The summed E-state index contributed by atoms with van der Waals surface area (Å²) < 4.78 is 11.6. The number of fused-ring (bicyclic) bond motifs is 1. The van der Waals surface area contributed by atoms with Gasteiger partial charge >= 0.3 is 0 Å². The van der Waals surface area contributed by atoms with Crippen molar-refractivity contribution in [3.05, 3.63) is 29.3 Å². The van der Waals surface area contributed by atoms with Crippen LogP contribution in [0, 0.1) is 5.92 Å². The number of benzene rings is 1. The predicted molar refractivity (Wildman–Crippen MR) is 106 cm³/mol. The summed E-state index contributed by atoms with van der Waals surface area (Å²) in [5.74, 6) is 3.00. The van der Waals surface area contributed by atoms with Crippen LogP contribution in [-0.2, 0) is 6.42 Å². The van der Waals surface area contributed by atoms with Crippen molar-refractivity contribution >= 4 is 6.08 Å². The molecule has 0 amide bonds. The molecule has 0 aromatic heterocycles. The number of rotatable bonds is 9. The number of hydrogen-bond donors (Lipinski definition) is 0. The zero-order chi connectivity index (χ0) is 17.3. The average molecular weight is 343 g/mol. The second-order valence-electron chi connectivity index (χ2n) is 7.61. The molecule has 138 valence electrons. The first kappa shape index (κ1) is 18.4. The highest BCUT2D eigenvalue weighted by atomic mass is 16.5. The van der Waals surface area contributed by atoms with E-state index < -0.39 is 0 Å². The molecule has 0 spiro atoms. The van der Waals surface area contributed by atoms with Crippen LogP contribution in [0.25, 0.3) is 6.08 Å². The normalized spacial score (nSPS) is 17.2. The first-order chi connectivity index (χ1) is 12.4. The van der Waals surface area contributed by atoms with Crippen molar-refractivity contribution in [3.63, 3.8) is 0 Å². The summed E-state index contributed by atoms with van der Waals surface area (Å²) in [5, 5.41) is 0. The van der Waals surface area contributed by atoms with Gasteiger partial charge in [0.05, 0.1) is 12.2 Å². The molecule has 2 heteroatoms. The maximum absolute atomic E-state index is 5.83. The van der Waals surface area contributed by atoms with Gasteiger partial charge in [0.1, 0.15) is 18.1 Å². The number of ether oxygens (including phenoxy) is 2. The topological polar surface area (TPSA) is 18.5 Å². The summed E-state index contributed by atoms with van der Waals surface area (Å²) in [5.41, 5.74) is 2.45. The predicted octanol–water partition coefficient (Wildman–Crippen LogP) is 6.56. The molecular formula is C23H34O2. The summed E-state index contributed by atoms with van der Waals surface area (Å²) in [6.07, 6.45) is 19.6. The van der Waals surface area contributed by atoms with Crippen molar-refractivity contribution in [2.24, 2.45) is 5.92 Å². The molecule has 0 saturated heterocycles. The molecule has 1 aromatic rings. The monoisotopic (exact) mass is 342 g/mol. The quantitative estimate of drug-likeness (QED) is 0.473. The minimum atomic E-state index is 0.670. The standard InChI is InChI=1S/C23H34O2/c1-2-24-22-17-20(18-23-21(22)15-10-16-25-23)14-7-4-3-6-11-19-12-8-5-9-13-19/h10,15,17-19H,2-9,11-14,16H2,1H3. The van der Waals surface area contributed by atoms with E-state index in [0.717, 1.165) is 29.4 Å². The highest BCUT2D eigenvalue weighted by molar-refractivity contribution is 5.67. The first-order valence-corrected chi connectivity index (χ1v) is 10.5. The van der Waals surface area contributed by atoms with Crippen molar-refractivity contribution in [2.45, 2.75) is 77.6 Å². The largest absolute Gasteiger partial charge is 0.493 e. The molecule has 0 bridgehead atoms. The van der Waals surface area contributed by atoms with E-state index in [-0.39, 0.29) is 0 Å². The van der Waals surface area contributed by atoms with Crippen LogP contribution in [0.15, 0.2) is 18.2 Å². The molecule has 1 heterocycles. The molecule has 1 aromatic carbocycles. The lowest BCUT2D eigenvalue weighted by molar-refractivity contribution is 0.325. The molecule has 2 nitrogen and oxygen atoms in total. The lowest BCUT2D eigenvalue weighted by Gasteiger charge is -2.21. The molecule has 1 saturated carbocycles. The fraction of sp³-hybridized carbons (Fsp3) is 0.652. The van der Waals surface area contributed by atoms with Gasteiger partial charge in [-0.3, -0.25) is 0 Å². The Kier molecular flexibility index (Phi) is 7.26. The highest BCUT2D eigenvalue weighted by Crippen LogP contribution is 2.35. The Bertz CT molecular complexity index is 555. The SMILES string of the molecule is CCOc1cc(CCCCCCC2CCCCC2)cc2c1C=CCO2. The van der Waals surface area contributed by atoms with Gasteiger partial charge in [0, 0.05) is 0 Å². The van der Waals surface area contributed by atoms with Gasteiger partial charge in [-0.1, -0.05) is 57.8 Å². The van der Waals surface area contributed by atoms with E-state index in [1.807, 2.05) is 6.92 Å². The maximum Gasteiger partial charge on any atom is 0.130 e. The lowest BCUT2D eigenvalue weighted by atomic mass is 9.85. The van der Waals surface area contributed by atoms with E-state index >= 15 is 0 Å². The molecule has 2 aliphatic rings. The van der Waals surface area contributed by atoms with E-state index in [2.05, 4.69) is 24.3 Å². The van der Waals surface area contributed by atoms with E-state index in [9.17, 15) is 0 Å². The van der Waals surface area contributed by atoms with Crippen LogP contribution in [0.3, 0.4) is 0 Å². The second kappa shape index (κ2) is 9.89. The van der Waals surface area contributed by atoms with Crippen LogP contribution >= 0.6 is 0 Å². The molecule has 1 aliphatic carbocycles. The number of hydrogen-bond acceptors (Lipinski definition) is 2. The zero-order valence-electron chi connectivity index (χ0n) is 15.9. The van der Waals surface area contributed by atoms with Gasteiger partial charge in [-0.2, -0.15) is 0 Å². The summed E-state index contributed by atoms with van der Waals surface area (Å²) in [6, 6.07) is 4.42. The van der Waals surface area contributed by atoms with Gasteiger partial charge in [-0.05, 0) is 55.5 Å². The van der Waals surface area contributed by atoms with Gasteiger partial charge < -0.3 is 9.47 Å². The molecule has 0 atom stereocenters. The van der Waals surface area contributed by atoms with Crippen molar-refractivity contribution < 1.29 is 9.47 Å². The van der Waals surface area contributed by atoms with Crippen LogP contribution in [0.4, 0.5) is 0 Å². The summed E-state index contributed by atoms with van der Waals surface area (Å²) in [4.78, 5) is 0. The Balaban J connectivity index is 1.42.